The number of rotatable bonds is 5. The molecule has 0 N–H and O–H groups in total. The number of ether oxygens (including phenoxy) is 2. The molecule has 3 aromatic carbocycles. The van der Waals surface area contributed by atoms with Crippen LogP contribution in [0.15, 0.2) is 66.7 Å². The number of nitrogens with zero attached hydrogens (tertiary/aromatic N) is 1. The van der Waals surface area contributed by atoms with Gasteiger partial charge < -0.3 is 14.4 Å². The molecule has 0 radical (unpaired) electrons. The molecule has 1 aliphatic rings. The first kappa shape index (κ1) is 29.3. The van der Waals surface area contributed by atoms with Crippen molar-refractivity contribution in [3.05, 3.63) is 77.9 Å². The van der Waals surface area contributed by atoms with Gasteiger partial charge in [-0.15, -0.1) is 26.3 Å². The molecular formula is C27H24BrF6NO3. The minimum absolute atomic E-state index is 0.0409. The molecule has 3 aromatic rings. The van der Waals surface area contributed by atoms with Crippen LogP contribution in [0.5, 0.6) is 11.5 Å². The van der Waals surface area contributed by atoms with E-state index in [4.69, 9.17) is 0 Å². The molecule has 1 unspecified atom stereocenters. The molecule has 11 heteroatoms. The van der Waals surface area contributed by atoms with E-state index in [0.29, 0.717) is 35.2 Å². The topological polar surface area (TPSA) is 38.8 Å². The van der Waals surface area contributed by atoms with Crippen LogP contribution in [0.4, 0.5) is 32.0 Å². The molecule has 1 heterocycles. The van der Waals surface area contributed by atoms with Crippen LogP contribution in [0.25, 0.3) is 11.1 Å². The number of hydrogen-bond acceptors (Lipinski definition) is 3. The number of fused-ring (bicyclic) bond motifs is 1. The van der Waals surface area contributed by atoms with E-state index in [1.807, 2.05) is 13.8 Å². The van der Waals surface area contributed by atoms with Crippen LogP contribution in [-0.4, -0.2) is 24.0 Å². The number of anilines is 1. The maximum Gasteiger partial charge on any atom is 0.573 e. The van der Waals surface area contributed by atoms with Crippen LogP contribution in [0.2, 0.25) is 0 Å². The van der Waals surface area contributed by atoms with E-state index < -0.39 is 24.5 Å². The smallest absolute Gasteiger partial charge is 0.406 e. The molecule has 0 aromatic heterocycles. The highest BCUT2D eigenvalue weighted by atomic mass is 79.9. The summed E-state index contributed by atoms with van der Waals surface area (Å²) < 4.78 is 84.4. The highest BCUT2D eigenvalue weighted by Gasteiger charge is 2.35. The lowest BCUT2D eigenvalue weighted by molar-refractivity contribution is -0.275. The molecule has 0 saturated carbocycles. The molecule has 204 valence electrons. The van der Waals surface area contributed by atoms with Crippen molar-refractivity contribution in [3.63, 3.8) is 0 Å². The quantitative estimate of drug-likeness (QED) is 0.216. The van der Waals surface area contributed by atoms with E-state index in [1.54, 1.807) is 30.3 Å². The number of alkyl halides is 7. The molecule has 0 saturated heterocycles. The maximum absolute atomic E-state index is 13.0. The minimum Gasteiger partial charge on any atom is -0.406 e. The number of amides is 1. The van der Waals surface area contributed by atoms with E-state index in [9.17, 15) is 31.1 Å². The van der Waals surface area contributed by atoms with Gasteiger partial charge >= 0.3 is 12.7 Å². The highest BCUT2D eigenvalue weighted by Crippen LogP contribution is 2.44. The lowest BCUT2D eigenvalue weighted by atomic mass is 9.86. The van der Waals surface area contributed by atoms with Crippen LogP contribution in [0.1, 0.15) is 37.4 Å². The molecule has 0 bridgehead atoms. The number of hydrogen-bond donors (Lipinski definition) is 0. The first-order valence-corrected chi connectivity index (χ1v) is 12.8. The van der Waals surface area contributed by atoms with Gasteiger partial charge in [-0.25, -0.2) is 0 Å². The van der Waals surface area contributed by atoms with Crippen LogP contribution < -0.4 is 14.4 Å². The van der Waals surface area contributed by atoms with Crippen molar-refractivity contribution in [2.24, 2.45) is 0 Å². The summed E-state index contributed by atoms with van der Waals surface area (Å²) in [7, 11) is 0. The number of halogens is 7. The molecule has 4 rings (SSSR count). The molecule has 1 atom stereocenters. The number of carbonyl (C=O) groups excluding carboxylic acids is 1. The Morgan fingerprint density at radius 2 is 1.47 bits per heavy atom. The Hall–Kier alpha value is -3.21. The standard InChI is InChI=1S/C25H18BrF6NO3.C2H6/c26-14-23(34)33-21(16-5-2-7-18(13-16)36-25(30,31)32)11-10-20-19(8-3-9-22(20)33)15-4-1-6-17(12-15)35-24(27,28)29;1-2/h1-9,12-13,21H,10-11,14H2;1-2H3. The number of benzene rings is 3. The Bertz CT molecular complexity index is 1260. The summed E-state index contributed by atoms with van der Waals surface area (Å²) in [6.07, 6.45) is -8.90. The summed E-state index contributed by atoms with van der Waals surface area (Å²) in [4.78, 5) is 14.5. The zero-order valence-corrected chi connectivity index (χ0v) is 22.0. The van der Waals surface area contributed by atoms with E-state index in [-0.39, 0.29) is 17.0 Å². The molecule has 0 fully saturated rings. The third-order valence-corrected chi connectivity index (χ3v) is 6.11. The SMILES string of the molecule is CC.O=C(CBr)N1c2cccc(-c3cccc(OC(F)(F)F)c3)c2CCC1c1cccc(OC(F)(F)F)c1. The van der Waals surface area contributed by atoms with Crippen molar-refractivity contribution in [1.29, 1.82) is 0 Å². The first-order chi connectivity index (χ1) is 17.9. The van der Waals surface area contributed by atoms with Crippen molar-refractivity contribution >= 4 is 27.5 Å². The molecule has 4 nitrogen and oxygen atoms in total. The van der Waals surface area contributed by atoms with Crippen LogP contribution >= 0.6 is 15.9 Å². The van der Waals surface area contributed by atoms with Gasteiger partial charge in [-0.1, -0.05) is 66.2 Å². The van der Waals surface area contributed by atoms with Crippen molar-refractivity contribution < 1.29 is 40.6 Å². The third kappa shape index (κ3) is 7.21. The fourth-order valence-electron chi connectivity index (χ4n) is 4.38. The Kier molecular flexibility index (Phi) is 9.35. The minimum atomic E-state index is -4.86. The summed E-state index contributed by atoms with van der Waals surface area (Å²) in [5, 5.41) is -0.0409. The van der Waals surface area contributed by atoms with E-state index >= 15 is 0 Å². The highest BCUT2D eigenvalue weighted by molar-refractivity contribution is 9.09. The summed E-state index contributed by atoms with van der Waals surface area (Å²) in [5.41, 5.74) is 2.81. The molecule has 1 amide bonds. The maximum atomic E-state index is 13.0. The normalized spacial score (nSPS) is 15.2. The van der Waals surface area contributed by atoms with Gasteiger partial charge in [0.1, 0.15) is 11.5 Å². The average Bonchev–Trinajstić information content (AvgIpc) is 2.86. The Balaban J connectivity index is 0.00000195. The average molecular weight is 604 g/mol. The van der Waals surface area contributed by atoms with Gasteiger partial charge in [0.15, 0.2) is 0 Å². The van der Waals surface area contributed by atoms with Crippen molar-refractivity contribution in [2.45, 2.75) is 45.5 Å². The number of carbonyl (C=O) groups is 1. The van der Waals surface area contributed by atoms with Crippen molar-refractivity contribution in [1.82, 2.24) is 0 Å². The van der Waals surface area contributed by atoms with Crippen LogP contribution in [0, 0.1) is 0 Å². The van der Waals surface area contributed by atoms with E-state index in [1.165, 1.54) is 41.3 Å². The lowest BCUT2D eigenvalue weighted by Gasteiger charge is -2.38. The van der Waals surface area contributed by atoms with Crippen LogP contribution in [0.3, 0.4) is 0 Å². The molecule has 1 aliphatic heterocycles. The fourth-order valence-corrected chi connectivity index (χ4v) is 4.65. The second-order valence-electron chi connectivity index (χ2n) is 7.95. The van der Waals surface area contributed by atoms with Gasteiger partial charge in [0.05, 0.1) is 11.4 Å². The molecule has 0 spiro atoms. The van der Waals surface area contributed by atoms with E-state index in [2.05, 4.69) is 25.4 Å². The monoisotopic (exact) mass is 603 g/mol. The second kappa shape index (κ2) is 12.1. The predicted octanol–water partition coefficient (Wildman–Crippen LogP) is 8.59. The predicted molar refractivity (Wildman–Crippen MR) is 135 cm³/mol. The zero-order chi connectivity index (χ0) is 28.1. The van der Waals surface area contributed by atoms with Crippen molar-refractivity contribution in [2.75, 3.05) is 10.2 Å². The lowest BCUT2D eigenvalue weighted by Crippen LogP contribution is -2.39. The summed E-state index contributed by atoms with van der Waals surface area (Å²) in [6.45, 7) is 4.00. The van der Waals surface area contributed by atoms with Gasteiger partial charge in [0, 0.05) is 5.69 Å². The molecule has 0 aliphatic carbocycles. The fraction of sp³-hybridized carbons (Fsp3) is 0.296. The van der Waals surface area contributed by atoms with Gasteiger partial charge in [-0.3, -0.25) is 4.79 Å². The van der Waals surface area contributed by atoms with Crippen molar-refractivity contribution in [3.8, 4) is 22.6 Å². The van der Waals surface area contributed by atoms with Gasteiger partial charge in [-0.2, -0.15) is 0 Å². The second-order valence-corrected chi connectivity index (χ2v) is 8.51. The zero-order valence-electron chi connectivity index (χ0n) is 20.4. The molecular weight excluding hydrogens is 580 g/mol. The Labute approximate surface area is 224 Å². The first-order valence-electron chi connectivity index (χ1n) is 11.7. The largest absolute Gasteiger partial charge is 0.573 e. The van der Waals surface area contributed by atoms with Gasteiger partial charge in [-0.05, 0) is 65.4 Å². The summed E-state index contributed by atoms with van der Waals surface area (Å²) in [5.74, 6) is -1.09. The molecule has 38 heavy (non-hydrogen) atoms. The summed E-state index contributed by atoms with van der Waals surface area (Å²) in [6, 6.07) is 15.5. The van der Waals surface area contributed by atoms with Gasteiger partial charge in [0.25, 0.3) is 0 Å². The van der Waals surface area contributed by atoms with Gasteiger partial charge in [0.2, 0.25) is 5.91 Å². The Morgan fingerprint density at radius 1 is 0.895 bits per heavy atom. The van der Waals surface area contributed by atoms with Crippen LogP contribution in [-0.2, 0) is 11.2 Å². The van der Waals surface area contributed by atoms with E-state index in [0.717, 1.165) is 5.56 Å². The summed E-state index contributed by atoms with van der Waals surface area (Å²) >= 11 is 3.17. The Morgan fingerprint density at radius 3 is 2.08 bits per heavy atom. The third-order valence-electron chi connectivity index (χ3n) is 5.63.